The monoisotopic (exact) mass is 643 g/mol. The molecule has 2 amide bonds. The Morgan fingerprint density at radius 2 is 1.83 bits per heavy atom. The number of pyridine rings is 1. The second kappa shape index (κ2) is 12.8. The number of hydrogen-bond donors (Lipinski definition) is 2. The smallest absolute Gasteiger partial charge is 0.455 e. The van der Waals surface area contributed by atoms with Crippen molar-refractivity contribution >= 4 is 52.7 Å². The summed E-state index contributed by atoms with van der Waals surface area (Å²) in [5, 5.41) is 34.6. The number of carbonyl (C=O) groups excluding carboxylic acids is 2. The number of allylic oxidation sites excluding steroid dienone is 2. The molecule has 3 aromatic carbocycles. The maximum absolute atomic E-state index is 14.0. The van der Waals surface area contributed by atoms with Crippen molar-refractivity contribution in [3.05, 3.63) is 118 Å². The topological polar surface area (TPSA) is 143 Å². The van der Waals surface area contributed by atoms with Gasteiger partial charge in [-0.3, -0.25) is 24.7 Å². The fourth-order valence-corrected chi connectivity index (χ4v) is 7.84. The van der Waals surface area contributed by atoms with Crippen LogP contribution in [0.3, 0.4) is 0 Å². The normalized spacial score (nSPS) is 22.7. The van der Waals surface area contributed by atoms with Crippen LogP contribution in [0.2, 0.25) is 6.32 Å². The summed E-state index contributed by atoms with van der Waals surface area (Å²) in [6, 6.07) is 22.6. The lowest BCUT2D eigenvalue weighted by molar-refractivity contribution is -0.384. The summed E-state index contributed by atoms with van der Waals surface area (Å²) in [6.07, 6.45) is 5.59. The van der Waals surface area contributed by atoms with Crippen molar-refractivity contribution in [1.82, 2.24) is 4.98 Å². The molecule has 4 atom stereocenters. The molecule has 0 radical (unpaired) electrons. The Bertz CT molecular complexity index is 2000. The first kappa shape index (κ1) is 31.5. The molecule has 2 fully saturated rings. The zero-order chi connectivity index (χ0) is 33.5. The number of nitrogens with zero attached hydrogens (tertiary/aromatic N) is 3. The van der Waals surface area contributed by atoms with E-state index in [-0.39, 0.29) is 29.4 Å². The van der Waals surface area contributed by atoms with Gasteiger partial charge >= 0.3 is 7.12 Å². The first-order chi connectivity index (χ1) is 23.2. The van der Waals surface area contributed by atoms with Crippen LogP contribution in [-0.2, 0) is 14.2 Å². The Kier molecular flexibility index (Phi) is 8.41. The number of nitro groups is 1. The number of aromatic hydroxyl groups is 1. The van der Waals surface area contributed by atoms with Crippen molar-refractivity contribution in [2.45, 2.75) is 45.0 Å². The molecule has 0 bridgehead atoms. The standard InChI is InChI=1S/C37H34BN3O7/c1-2-22-19-29-35(37(44)40(36(29)43)25-8-7-9-26(20-25)41(46)47)30-21-38(45)48-33(34(22)30)16-14-24(31-12-5-6-17-39-31)18-23-13-15-32(42)28-11-4-3-10-27(23)28/h3-13,15,17-18,20,29-30,33,35,42,45H,2,14,16,19,21H2,1H3/b24-18-/t29-,30+,33-,35-/m1/s1. The summed E-state index contributed by atoms with van der Waals surface area (Å²) in [6.45, 7) is 2.02. The predicted octanol–water partition coefficient (Wildman–Crippen LogP) is 6.58. The number of fused-ring (bicyclic) bond motifs is 4. The number of benzene rings is 3. The summed E-state index contributed by atoms with van der Waals surface area (Å²) in [4.78, 5) is 44.4. The zero-order valence-corrected chi connectivity index (χ0v) is 26.4. The molecule has 3 aliphatic rings. The van der Waals surface area contributed by atoms with Crippen LogP contribution in [0, 0.1) is 27.9 Å². The Hall–Kier alpha value is -5.13. The maximum atomic E-state index is 14.0. The van der Waals surface area contributed by atoms with E-state index in [1.807, 2.05) is 55.5 Å². The van der Waals surface area contributed by atoms with E-state index in [2.05, 4.69) is 11.1 Å². The number of rotatable bonds is 8. The summed E-state index contributed by atoms with van der Waals surface area (Å²) in [5.41, 5.74) is 4.67. The molecule has 0 saturated carbocycles. The van der Waals surface area contributed by atoms with Gasteiger partial charge < -0.3 is 14.8 Å². The van der Waals surface area contributed by atoms with E-state index in [9.17, 15) is 29.8 Å². The summed E-state index contributed by atoms with van der Waals surface area (Å²) >= 11 is 0. The first-order valence-corrected chi connectivity index (χ1v) is 16.3. The van der Waals surface area contributed by atoms with E-state index < -0.39 is 41.8 Å². The van der Waals surface area contributed by atoms with Gasteiger partial charge in [-0.1, -0.05) is 55.0 Å². The van der Waals surface area contributed by atoms with Gasteiger partial charge in [0, 0.05) is 23.7 Å². The van der Waals surface area contributed by atoms with Crippen molar-refractivity contribution in [3.8, 4) is 5.75 Å². The molecular formula is C37H34BN3O7. The van der Waals surface area contributed by atoms with E-state index in [4.69, 9.17) is 4.65 Å². The van der Waals surface area contributed by atoms with E-state index in [0.717, 1.165) is 43.6 Å². The van der Waals surface area contributed by atoms with E-state index >= 15 is 0 Å². The van der Waals surface area contributed by atoms with Crippen LogP contribution >= 0.6 is 0 Å². The molecule has 3 heterocycles. The van der Waals surface area contributed by atoms with Crippen LogP contribution in [0.1, 0.15) is 43.9 Å². The van der Waals surface area contributed by atoms with Crippen molar-refractivity contribution in [1.29, 1.82) is 0 Å². The molecule has 4 aromatic rings. The second-order valence-corrected chi connectivity index (χ2v) is 12.6. The molecule has 10 nitrogen and oxygen atoms in total. The number of aromatic nitrogens is 1. The zero-order valence-electron chi connectivity index (χ0n) is 26.4. The van der Waals surface area contributed by atoms with Crippen LogP contribution in [0.5, 0.6) is 5.75 Å². The highest BCUT2D eigenvalue weighted by Gasteiger charge is 2.57. The Morgan fingerprint density at radius 3 is 2.58 bits per heavy atom. The van der Waals surface area contributed by atoms with Gasteiger partial charge in [0.15, 0.2) is 0 Å². The minimum absolute atomic E-state index is 0.181. The average Bonchev–Trinajstić information content (AvgIpc) is 3.36. The highest BCUT2D eigenvalue weighted by atomic mass is 16.6. The molecule has 2 aliphatic heterocycles. The van der Waals surface area contributed by atoms with E-state index in [0.29, 0.717) is 25.7 Å². The van der Waals surface area contributed by atoms with Crippen LogP contribution < -0.4 is 4.90 Å². The quantitative estimate of drug-likeness (QED) is 0.0721. The Labute approximate surface area is 277 Å². The highest BCUT2D eigenvalue weighted by Crippen LogP contribution is 2.52. The average molecular weight is 644 g/mol. The van der Waals surface area contributed by atoms with Crippen molar-refractivity contribution < 1.29 is 29.3 Å². The lowest BCUT2D eigenvalue weighted by Gasteiger charge is -2.43. The van der Waals surface area contributed by atoms with Gasteiger partial charge in [0.1, 0.15) is 5.75 Å². The third-order valence-corrected chi connectivity index (χ3v) is 9.97. The highest BCUT2D eigenvalue weighted by molar-refractivity contribution is 6.43. The van der Waals surface area contributed by atoms with Gasteiger partial charge in [0.2, 0.25) is 11.8 Å². The molecular weight excluding hydrogens is 609 g/mol. The van der Waals surface area contributed by atoms with E-state index in [1.54, 1.807) is 18.3 Å². The van der Waals surface area contributed by atoms with Gasteiger partial charge in [-0.05, 0) is 90.4 Å². The van der Waals surface area contributed by atoms with Crippen LogP contribution in [0.15, 0.2) is 96.2 Å². The molecule has 11 heteroatoms. The molecule has 2 saturated heterocycles. The number of amides is 2. The van der Waals surface area contributed by atoms with Crippen molar-refractivity contribution in [2.24, 2.45) is 17.8 Å². The largest absolute Gasteiger partial charge is 0.507 e. The fourth-order valence-electron chi connectivity index (χ4n) is 7.84. The van der Waals surface area contributed by atoms with Gasteiger partial charge in [-0.15, -0.1) is 0 Å². The van der Waals surface area contributed by atoms with E-state index in [1.165, 1.54) is 18.2 Å². The summed E-state index contributed by atoms with van der Waals surface area (Å²) in [5.74, 6) is -2.28. The number of phenolic OH excluding ortho intramolecular Hbond substituents is 1. The molecule has 0 spiro atoms. The molecule has 0 unspecified atom stereocenters. The van der Waals surface area contributed by atoms with Gasteiger partial charge in [-0.25, -0.2) is 4.90 Å². The minimum Gasteiger partial charge on any atom is -0.507 e. The van der Waals surface area contributed by atoms with Crippen LogP contribution in [0.25, 0.3) is 22.4 Å². The number of imide groups is 1. The lowest BCUT2D eigenvalue weighted by atomic mass is 9.58. The van der Waals surface area contributed by atoms with Crippen molar-refractivity contribution in [2.75, 3.05) is 4.90 Å². The molecule has 242 valence electrons. The Balaban J connectivity index is 1.22. The third kappa shape index (κ3) is 5.58. The lowest BCUT2D eigenvalue weighted by Crippen LogP contribution is -2.46. The SMILES string of the molecule is CCC1=C2[C@@H](CC/C(=C/c3ccc(O)c4ccccc34)c3ccccn3)OB(O)C[C@@H]2[C@@H]2C(=O)N(c3cccc([N+](=O)[O-])c3)C(=O)[C@@H]2C1. The molecule has 1 aromatic heterocycles. The molecule has 1 aliphatic carbocycles. The molecule has 2 N–H and O–H groups in total. The van der Waals surface area contributed by atoms with Crippen LogP contribution in [0.4, 0.5) is 11.4 Å². The summed E-state index contributed by atoms with van der Waals surface area (Å²) < 4.78 is 6.21. The number of hydrogen-bond acceptors (Lipinski definition) is 8. The minimum atomic E-state index is -1.13. The van der Waals surface area contributed by atoms with Crippen LogP contribution in [-0.4, -0.2) is 45.1 Å². The summed E-state index contributed by atoms with van der Waals surface area (Å²) in [7, 11) is -1.13. The molecule has 48 heavy (non-hydrogen) atoms. The number of anilines is 1. The Morgan fingerprint density at radius 1 is 1.04 bits per heavy atom. The molecule has 7 rings (SSSR count). The third-order valence-electron chi connectivity index (χ3n) is 9.97. The van der Waals surface area contributed by atoms with Gasteiger partial charge in [-0.2, -0.15) is 0 Å². The van der Waals surface area contributed by atoms with Crippen molar-refractivity contribution in [3.63, 3.8) is 0 Å². The first-order valence-electron chi connectivity index (χ1n) is 16.3. The van der Waals surface area contributed by atoms with Gasteiger partial charge in [0.25, 0.3) is 5.69 Å². The van der Waals surface area contributed by atoms with Gasteiger partial charge in [0.05, 0.1) is 34.2 Å². The fraction of sp³-hybridized carbons (Fsp3) is 0.270. The number of nitro benzene ring substituents is 1. The second-order valence-electron chi connectivity index (χ2n) is 12.6. The number of non-ortho nitro benzene ring substituents is 1. The number of carbonyl (C=O) groups is 2. The predicted molar refractivity (Wildman–Crippen MR) is 183 cm³/mol. The maximum Gasteiger partial charge on any atom is 0.455 e. The number of phenols is 1.